The molecule has 1 atom stereocenters. The molecule has 114 valence electrons. The predicted molar refractivity (Wildman–Crippen MR) is 88.6 cm³/mol. The van der Waals surface area contributed by atoms with Crippen LogP contribution in [0.25, 0.3) is 0 Å². The lowest BCUT2D eigenvalue weighted by Gasteiger charge is -2.39. The summed E-state index contributed by atoms with van der Waals surface area (Å²) < 4.78 is 5.98. The van der Waals surface area contributed by atoms with Crippen LogP contribution in [0.2, 0.25) is 0 Å². The van der Waals surface area contributed by atoms with Crippen molar-refractivity contribution in [2.75, 3.05) is 0 Å². The minimum Gasteiger partial charge on any atom is -0.468 e. The van der Waals surface area contributed by atoms with Crippen LogP contribution in [0.5, 0.6) is 0 Å². The third-order valence-corrected chi connectivity index (χ3v) is 5.65. The molecule has 1 aromatic rings. The summed E-state index contributed by atoms with van der Waals surface area (Å²) in [5.41, 5.74) is 6.05. The van der Waals surface area contributed by atoms with Crippen LogP contribution in [0.3, 0.4) is 0 Å². The highest BCUT2D eigenvalue weighted by molar-refractivity contribution is 5.40. The van der Waals surface area contributed by atoms with Gasteiger partial charge in [-0.1, -0.05) is 37.6 Å². The molecule has 0 spiro atoms. The van der Waals surface area contributed by atoms with Crippen LogP contribution in [-0.2, 0) is 18.3 Å². The van der Waals surface area contributed by atoms with Gasteiger partial charge in [-0.3, -0.25) is 0 Å². The number of allylic oxidation sites excluding steroid dienone is 3. The van der Waals surface area contributed by atoms with E-state index in [2.05, 4.69) is 33.4 Å². The van der Waals surface area contributed by atoms with E-state index < -0.39 is 0 Å². The topological polar surface area (TPSA) is 13.1 Å². The van der Waals surface area contributed by atoms with E-state index in [0.29, 0.717) is 0 Å². The average Bonchev–Trinajstić information content (AvgIpc) is 2.81. The first-order chi connectivity index (χ1) is 9.98. The van der Waals surface area contributed by atoms with Crippen molar-refractivity contribution in [2.24, 2.45) is 5.92 Å². The van der Waals surface area contributed by atoms with Gasteiger partial charge < -0.3 is 4.42 Å². The first-order valence-electron chi connectivity index (χ1n) is 8.40. The van der Waals surface area contributed by atoms with Gasteiger partial charge in [0.2, 0.25) is 0 Å². The Balaban J connectivity index is 2.02. The molecular formula is C20H28O. The van der Waals surface area contributed by atoms with Crippen LogP contribution in [0.1, 0.15) is 69.8 Å². The SMILES string of the molecule is C=C1CC/C=C(/C)Cc2occ3c2C(C)(C)[C@H](CC1)CC3. The maximum absolute atomic E-state index is 5.98. The molecule has 0 amide bonds. The Morgan fingerprint density at radius 1 is 1.19 bits per heavy atom. The highest BCUT2D eigenvalue weighted by Crippen LogP contribution is 2.46. The summed E-state index contributed by atoms with van der Waals surface area (Å²) in [7, 11) is 0. The Kier molecular flexibility index (Phi) is 3.86. The molecule has 1 heteroatoms. The van der Waals surface area contributed by atoms with Crippen molar-refractivity contribution < 1.29 is 4.42 Å². The van der Waals surface area contributed by atoms with E-state index >= 15 is 0 Å². The largest absolute Gasteiger partial charge is 0.468 e. The van der Waals surface area contributed by atoms with Crippen LogP contribution in [-0.4, -0.2) is 0 Å². The van der Waals surface area contributed by atoms with Crippen molar-refractivity contribution in [2.45, 2.75) is 71.1 Å². The van der Waals surface area contributed by atoms with E-state index in [1.807, 2.05) is 6.26 Å². The van der Waals surface area contributed by atoms with Crippen LogP contribution >= 0.6 is 0 Å². The number of hydrogen-bond acceptors (Lipinski definition) is 1. The van der Waals surface area contributed by atoms with Crippen LogP contribution < -0.4 is 0 Å². The van der Waals surface area contributed by atoms with Crippen LogP contribution in [0.15, 0.2) is 34.5 Å². The van der Waals surface area contributed by atoms with E-state index in [1.54, 1.807) is 0 Å². The zero-order valence-electron chi connectivity index (χ0n) is 13.8. The van der Waals surface area contributed by atoms with E-state index in [4.69, 9.17) is 4.42 Å². The molecule has 21 heavy (non-hydrogen) atoms. The van der Waals surface area contributed by atoms with Gasteiger partial charge in [0, 0.05) is 12.0 Å². The molecule has 0 saturated heterocycles. The summed E-state index contributed by atoms with van der Waals surface area (Å²) in [4.78, 5) is 0. The number of aryl methyl sites for hydroxylation is 1. The first kappa shape index (κ1) is 14.7. The summed E-state index contributed by atoms with van der Waals surface area (Å²) in [6, 6.07) is 0. The molecule has 2 aliphatic carbocycles. The van der Waals surface area contributed by atoms with Crippen molar-refractivity contribution in [3.05, 3.63) is 47.0 Å². The lowest BCUT2D eigenvalue weighted by molar-refractivity contribution is 0.259. The Hall–Kier alpha value is -1.24. The van der Waals surface area contributed by atoms with E-state index in [1.165, 1.54) is 53.7 Å². The van der Waals surface area contributed by atoms with Crippen LogP contribution in [0, 0.1) is 5.92 Å². The molecule has 3 rings (SSSR count). The van der Waals surface area contributed by atoms with Crippen molar-refractivity contribution in [3.8, 4) is 0 Å². The summed E-state index contributed by atoms with van der Waals surface area (Å²) >= 11 is 0. The minimum absolute atomic E-state index is 0.232. The summed E-state index contributed by atoms with van der Waals surface area (Å²) in [5, 5.41) is 0. The molecule has 0 saturated carbocycles. The first-order valence-corrected chi connectivity index (χ1v) is 8.40. The Labute approximate surface area is 129 Å². The van der Waals surface area contributed by atoms with Gasteiger partial charge in [0.15, 0.2) is 0 Å². The fourth-order valence-corrected chi connectivity index (χ4v) is 4.28. The lowest BCUT2D eigenvalue weighted by atomic mass is 9.64. The standard InChI is InChI=1S/C20H28O/c1-14-6-5-7-15(2)12-18-19-16(13-21-18)9-11-17(10-8-14)20(19,3)4/h7,13,17H,1,5-6,8-12H2,2-4H3/b15-7-/t17-/m1/s1. The number of hydrogen-bond donors (Lipinski definition) is 0. The summed E-state index contributed by atoms with van der Waals surface area (Å²) in [5.74, 6) is 1.97. The smallest absolute Gasteiger partial charge is 0.111 e. The lowest BCUT2D eigenvalue weighted by Crippen LogP contribution is -2.34. The van der Waals surface area contributed by atoms with E-state index in [-0.39, 0.29) is 5.41 Å². The molecule has 2 bridgehead atoms. The number of fused-ring (bicyclic) bond motifs is 1. The molecule has 1 aromatic heterocycles. The maximum Gasteiger partial charge on any atom is 0.111 e. The second-order valence-electron chi connectivity index (χ2n) is 7.57. The number of furan rings is 1. The normalized spacial score (nSPS) is 28.2. The van der Waals surface area contributed by atoms with Gasteiger partial charge in [-0.05, 0) is 62.3 Å². The zero-order valence-corrected chi connectivity index (χ0v) is 13.8. The molecule has 1 nitrogen and oxygen atoms in total. The predicted octanol–water partition coefficient (Wildman–Crippen LogP) is 5.74. The summed E-state index contributed by atoms with van der Waals surface area (Å²) in [6.07, 6.45) is 12.6. The third-order valence-electron chi connectivity index (χ3n) is 5.65. The molecule has 0 unspecified atom stereocenters. The highest BCUT2D eigenvalue weighted by atomic mass is 16.3. The average molecular weight is 284 g/mol. The third kappa shape index (κ3) is 2.75. The van der Waals surface area contributed by atoms with Crippen molar-refractivity contribution >= 4 is 0 Å². The fraction of sp³-hybridized carbons (Fsp3) is 0.600. The van der Waals surface area contributed by atoms with E-state index in [0.717, 1.165) is 25.2 Å². The van der Waals surface area contributed by atoms with Gasteiger partial charge in [0.05, 0.1) is 6.26 Å². The number of rotatable bonds is 0. The van der Waals surface area contributed by atoms with Crippen molar-refractivity contribution in [1.82, 2.24) is 0 Å². The molecule has 1 heterocycles. The van der Waals surface area contributed by atoms with Crippen LogP contribution in [0.4, 0.5) is 0 Å². The molecule has 0 aliphatic heterocycles. The Morgan fingerprint density at radius 2 is 1.95 bits per heavy atom. The molecule has 0 N–H and O–H groups in total. The molecule has 0 fully saturated rings. The highest BCUT2D eigenvalue weighted by Gasteiger charge is 2.39. The van der Waals surface area contributed by atoms with Crippen molar-refractivity contribution in [3.63, 3.8) is 0 Å². The second kappa shape index (κ2) is 5.51. The van der Waals surface area contributed by atoms with E-state index in [9.17, 15) is 0 Å². The fourth-order valence-electron chi connectivity index (χ4n) is 4.28. The second-order valence-corrected chi connectivity index (χ2v) is 7.57. The van der Waals surface area contributed by atoms with Gasteiger partial charge >= 0.3 is 0 Å². The molecule has 0 aromatic carbocycles. The minimum atomic E-state index is 0.232. The van der Waals surface area contributed by atoms with Crippen molar-refractivity contribution in [1.29, 1.82) is 0 Å². The molecule has 2 aliphatic rings. The van der Waals surface area contributed by atoms with Gasteiger partial charge in [0.1, 0.15) is 5.76 Å². The monoisotopic (exact) mass is 284 g/mol. The van der Waals surface area contributed by atoms with Gasteiger partial charge in [-0.25, -0.2) is 0 Å². The zero-order chi connectivity index (χ0) is 15.0. The summed E-state index contributed by atoms with van der Waals surface area (Å²) in [6.45, 7) is 11.4. The van der Waals surface area contributed by atoms with Gasteiger partial charge in [0.25, 0.3) is 0 Å². The molecular weight excluding hydrogens is 256 g/mol. The Bertz CT molecular complexity index is 571. The maximum atomic E-state index is 5.98. The van der Waals surface area contributed by atoms with Gasteiger partial charge in [-0.2, -0.15) is 0 Å². The quantitative estimate of drug-likeness (QED) is 0.554. The Morgan fingerprint density at radius 3 is 2.76 bits per heavy atom. The van der Waals surface area contributed by atoms with Gasteiger partial charge in [-0.15, -0.1) is 0 Å². The molecule has 0 radical (unpaired) electrons.